The van der Waals surface area contributed by atoms with Crippen LogP contribution in [-0.2, 0) is 0 Å². The molecule has 0 amide bonds. The normalized spacial score (nSPS) is 11.2. The number of rotatable bonds is 6. The van der Waals surface area contributed by atoms with Crippen LogP contribution in [0.1, 0.15) is 6.92 Å². The van der Waals surface area contributed by atoms with Gasteiger partial charge in [-0.25, -0.2) is 0 Å². The molecule has 4 nitrogen and oxygen atoms in total. The second-order valence-electron chi connectivity index (χ2n) is 7.11. The zero-order chi connectivity index (χ0) is 19.5. The molecule has 0 aromatic heterocycles. The predicted molar refractivity (Wildman–Crippen MR) is 111 cm³/mol. The van der Waals surface area contributed by atoms with Crippen molar-refractivity contribution in [2.75, 3.05) is 13.2 Å². The fourth-order valence-corrected chi connectivity index (χ4v) is 3.13. The lowest BCUT2D eigenvalue weighted by molar-refractivity contribution is 0.188. The molecule has 4 rings (SSSR count). The number of hydrogen-bond donors (Lipinski definition) is 2. The van der Waals surface area contributed by atoms with Gasteiger partial charge < -0.3 is 19.7 Å². The Kier molecular flexibility index (Phi) is 4.94. The summed E-state index contributed by atoms with van der Waals surface area (Å²) in [4.78, 5) is 0. The van der Waals surface area contributed by atoms with E-state index in [1.165, 1.54) is 0 Å². The van der Waals surface area contributed by atoms with Crippen molar-refractivity contribution in [3.05, 3.63) is 72.8 Å². The number of fused-ring (bicyclic) bond motifs is 2. The predicted octanol–water partition coefficient (Wildman–Crippen LogP) is 5.50. The maximum atomic E-state index is 9.63. The first-order chi connectivity index (χ1) is 13.6. The van der Waals surface area contributed by atoms with E-state index < -0.39 is 0 Å². The molecule has 0 unspecified atom stereocenters. The second-order valence-corrected chi connectivity index (χ2v) is 7.11. The third-order valence-corrected chi connectivity index (χ3v) is 4.66. The number of ether oxygens (including phenoxy) is 2. The summed E-state index contributed by atoms with van der Waals surface area (Å²) < 4.78 is 11.8. The van der Waals surface area contributed by atoms with Crippen molar-refractivity contribution in [3.63, 3.8) is 0 Å². The van der Waals surface area contributed by atoms with Crippen LogP contribution in [-0.4, -0.2) is 23.4 Å². The number of phenolic OH excluding ortho intramolecular Hbond substituents is 2. The lowest BCUT2D eigenvalue weighted by Gasteiger charge is -2.15. The first-order valence-electron chi connectivity index (χ1n) is 9.28. The topological polar surface area (TPSA) is 58.9 Å². The quantitative estimate of drug-likeness (QED) is 0.468. The third-order valence-electron chi connectivity index (χ3n) is 4.66. The SMILES string of the molecule is CC(COc1ccc2ccc(O)cc2c1)COc1ccc2ccc(O)cc2c1. The van der Waals surface area contributed by atoms with E-state index in [0.717, 1.165) is 33.0 Å². The standard InChI is InChI=1S/C24H22O4/c1-16(14-27-23-8-4-17-2-6-21(25)10-19(17)12-23)15-28-24-9-5-18-3-7-22(26)11-20(18)13-24/h2-13,16,25-26H,14-15H2,1H3. The Morgan fingerprint density at radius 1 is 0.607 bits per heavy atom. The Labute approximate surface area is 163 Å². The molecule has 0 fully saturated rings. The molecule has 0 aliphatic heterocycles. The molecule has 0 spiro atoms. The van der Waals surface area contributed by atoms with E-state index in [-0.39, 0.29) is 17.4 Å². The molecule has 0 saturated heterocycles. The van der Waals surface area contributed by atoms with Gasteiger partial charge in [0.2, 0.25) is 0 Å². The Balaban J connectivity index is 1.35. The van der Waals surface area contributed by atoms with E-state index in [9.17, 15) is 10.2 Å². The van der Waals surface area contributed by atoms with Crippen LogP contribution < -0.4 is 9.47 Å². The summed E-state index contributed by atoms with van der Waals surface area (Å²) in [7, 11) is 0. The van der Waals surface area contributed by atoms with Crippen LogP contribution in [0.2, 0.25) is 0 Å². The van der Waals surface area contributed by atoms with Gasteiger partial charge in [-0.1, -0.05) is 31.2 Å². The van der Waals surface area contributed by atoms with Crippen molar-refractivity contribution in [2.45, 2.75) is 6.92 Å². The summed E-state index contributed by atoms with van der Waals surface area (Å²) >= 11 is 0. The molecule has 4 aromatic rings. The van der Waals surface area contributed by atoms with Crippen molar-refractivity contribution >= 4 is 21.5 Å². The zero-order valence-corrected chi connectivity index (χ0v) is 15.6. The van der Waals surface area contributed by atoms with Crippen molar-refractivity contribution in [1.29, 1.82) is 0 Å². The molecule has 0 radical (unpaired) electrons. The molecule has 0 heterocycles. The molecule has 4 heteroatoms. The van der Waals surface area contributed by atoms with Gasteiger partial charge in [0.15, 0.2) is 0 Å². The van der Waals surface area contributed by atoms with Crippen LogP contribution in [0.4, 0.5) is 0 Å². The van der Waals surface area contributed by atoms with Crippen LogP contribution in [0.3, 0.4) is 0 Å². The van der Waals surface area contributed by atoms with Gasteiger partial charge in [-0.15, -0.1) is 0 Å². The summed E-state index contributed by atoms with van der Waals surface area (Å²) in [5.74, 6) is 2.22. The van der Waals surface area contributed by atoms with Gasteiger partial charge in [-0.3, -0.25) is 0 Å². The number of phenols is 2. The molecular formula is C24H22O4. The minimum Gasteiger partial charge on any atom is -0.508 e. The molecule has 2 N–H and O–H groups in total. The van der Waals surface area contributed by atoms with Gasteiger partial charge in [-0.2, -0.15) is 0 Å². The van der Waals surface area contributed by atoms with Gasteiger partial charge in [0.25, 0.3) is 0 Å². The summed E-state index contributed by atoms with van der Waals surface area (Å²) in [5, 5.41) is 23.3. The van der Waals surface area contributed by atoms with Gasteiger partial charge >= 0.3 is 0 Å². The maximum absolute atomic E-state index is 9.63. The second kappa shape index (κ2) is 7.69. The van der Waals surface area contributed by atoms with E-state index in [4.69, 9.17) is 9.47 Å². The van der Waals surface area contributed by atoms with Crippen molar-refractivity contribution in [1.82, 2.24) is 0 Å². The Hall–Kier alpha value is -3.40. The summed E-state index contributed by atoms with van der Waals surface area (Å²) in [5.41, 5.74) is 0. The average Bonchev–Trinajstić information content (AvgIpc) is 2.70. The Bertz CT molecular complexity index is 1030. The Morgan fingerprint density at radius 3 is 1.50 bits per heavy atom. The molecule has 142 valence electrons. The van der Waals surface area contributed by atoms with E-state index >= 15 is 0 Å². The fourth-order valence-electron chi connectivity index (χ4n) is 3.13. The third kappa shape index (κ3) is 4.12. The van der Waals surface area contributed by atoms with Gasteiger partial charge in [-0.05, 0) is 70.1 Å². The number of hydrogen-bond acceptors (Lipinski definition) is 4. The molecule has 0 saturated carbocycles. The molecule has 28 heavy (non-hydrogen) atoms. The monoisotopic (exact) mass is 374 g/mol. The fraction of sp³-hybridized carbons (Fsp3) is 0.167. The van der Waals surface area contributed by atoms with Crippen LogP contribution in [0, 0.1) is 5.92 Å². The minimum absolute atomic E-state index is 0.194. The summed E-state index contributed by atoms with van der Waals surface area (Å²) in [6, 6.07) is 22.3. The average molecular weight is 374 g/mol. The van der Waals surface area contributed by atoms with Crippen molar-refractivity contribution < 1.29 is 19.7 Å². The molecule has 0 atom stereocenters. The van der Waals surface area contributed by atoms with E-state index in [1.807, 2.05) is 48.5 Å². The highest BCUT2D eigenvalue weighted by molar-refractivity contribution is 5.85. The number of benzene rings is 4. The lowest BCUT2D eigenvalue weighted by atomic mass is 10.1. The van der Waals surface area contributed by atoms with E-state index in [2.05, 4.69) is 6.92 Å². The summed E-state index contributed by atoms with van der Waals surface area (Å²) in [6.45, 7) is 3.12. The molecule has 4 aromatic carbocycles. The Morgan fingerprint density at radius 2 is 1.04 bits per heavy atom. The van der Waals surface area contributed by atoms with Gasteiger partial charge in [0.05, 0.1) is 13.2 Å². The zero-order valence-electron chi connectivity index (χ0n) is 15.6. The largest absolute Gasteiger partial charge is 0.508 e. The highest BCUT2D eigenvalue weighted by Crippen LogP contribution is 2.26. The lowest BCUT2D eigenvalue weighted by Crippen LogP contribution is -2.16. The number of aromatic hydroxyl groups is 2. The minimum atomic E-state index is 0.194. The van der Waals surface area contributed by atoms with E-state index in [1.54, 1.807) is 24.3 Å². The van der Waals surface area contributed by atoms with E-state index in [0.29, 0.717) is 13.2 Å². The molecule has 0 bridgehead atoms. The maximum Gasteiger partial charge on any atom is 0.119 e. The van der Waals surface area contributed by atoms with Crippen LogP contribution >= 0.6 is 0 Å². The molecule has 0 aliphatic carbocycles. The van der Waals surface area contributed by atoms with Crippen LogP contribution in [0.25, 0.3) is 21.5 Å². The molecule has 0 aliphatic rings. The van der Waals surface area contributed by atoms with Crippen molar-refractivity contribution in [3.8, 4) is 23.0 Å². The van der Waals surface area contributed by atoms with Crippen molar-refractivity contribution in [2.24, 2.45) is 5.92 Å². The molecular weight excluding hydrogens is 352 g/mol. The first kappa shape index (κ1) is 18.0. The van der Waals surface area contributed by atoms with Crippen LogP contribution in [0.15, 0.2) is 72.8 Å². The highest BCUT2D eigenvalue weighted by Gasteiger charge is 2.07. The van der Waals surface area contributed by atoms with Crippen LogP contribution in [0.5, 0.6) is 23.0 Å². The first-order valence-corrected chi connectivity index (χ1v) is 9.28. The highest BCUT2D eigenvalue weighted by atomic mass is 16.5. The smallest absolute Gasteiger partial charge is 0.119 e. The van der Waals surface area contributed by atoms with Gasteiger partial charge in [0.1, 0.15) is 23.0 Å². The van der Waals surface area contributed by atoms with Gasteiger partial charge in [0, 0.05) is 5.92 Å². The summed E-state index contributed by atoms with van der Waals surface area (Å²) in [6.07, 6.45) is 0.